The fourth-order valence-electron chi connectivity index (χ4n) is 8.00. The van der Waals surface area contributed by atoms with Crippen LogP contribution in [0, 0.1) is 0 Å². The Kier molecular flexibility index (Phi) is 69.3. The quantitative estimate of drug-likeness (QED) is 0.0344. The summed E-state index contributed by atoms with van der Waals surface area (Å²) in [4.78, 5) is 25.5. The predicted octanol–water partition coefficient (Wildman–Crippen LogP) is 11.7. The van der Waals surface area contributed by atoms with Gasteiger partial charge in [-0.2, -0.15) is 0 Å². The number of esters is 2. The second-order valence-electron chi connectivity index (χ2n) is 20.0. The molecule has 0 amide bonds. The third-order valence-corrected chi connectivity index (χ3v) is 12.6. The van der Waals surface area contributed by atoms with E-state index in [1.807, 2.05) is 0 Å². The van der Waals surface area contributed by atoms with Gasteiger partial charge in [-0.25, -0.2) is 0 Å². The number of ether oxygens (including phenoxy) is 14. The summed E-state index contributed by atoms with van der Waals surface area (Å²) in [5, 5.41) is 8.63. The molecule has 0 fully saturated rings. The molecule has 0 rings (SSSR count). The van der Waals surface area contributed by atoms with Crippen LogP contribution >= 0.6 is 0 Å². The lowest BCUT2D eigenvalue weighted by molar-refractivity contribution is -0.163. The van der Waals surface area contributed by atoms with Gasteiger partial charge in [-0.3, -0.25) is 9.59 Å². The molecule has 0 aromatic carbocycles. The molecule has 17 heteroatoms. The summed E-state index contributed by atoms with van der Waals surface area (Å²) in [5.74, 6) is -0.550. The molecule has 0 saturated carbocycles. The second-order valence-corrected chi connectivity index (χ2v) is 20.0. The minimum Gasteiger partial charge on any atom is -0.462 e. The molecule has 0 radical (unpaired) electrons. The maximum absolute atomic E-state index is 12.8. The zero-order valence-electron chi connectivity index (χ0n) is 51.0. The van der Waals surface area contributed by atoms with Crippen molar-refractivity contribution in [2.45, 2.75) is 200 Å². The number of unbranched alkanes of at least 4 members (excludes halogenated alkanes) is 22. The number of hydrogen-bond donors (Lipinski definition) is 1. The highest BCUT2D eigenvalue weighted by atomic mass is 16.6. The van der Waals surface area contributed by atoms with Gasteiger partial charge in [-0.15, -0.1) is 0 Å². The molecule has 0 bridgehead atoms. The predicted molar refractivity (Wildman–Crippen MR) is 317 cm³/mol. The number of allylic oxidation sites excluding steroid dienone is 4. The summed E-state index contributed by atoms with van der Waals surface area (Å²) in [6.07, 6.45) is 40.6. The van der Waals surface area contributed by atoms with Crippen LogP contribution in [0.15, 0.2) is 24.3 Å². The van der Waals surface area contributed by atoms with E-state index in [9.17, 15) is 9.59 Å². The van der Waals surface area contributed by atoms with Crippen LogP contribution < -0.4 is 0 Å². The van der Waals surface area contributed by atoms with Crippen molar-refractivity contribution in [3.05, 3.63) is 24.3 Å². The van der Waals surface area contributed by atoms with E-state index in [1.54, 1.807) is 0 Å². The van der Waals surface area contributed by atoms with Crippen LogP contribution in [-0.4, -0.2) is 195 Å². The lowest BCUT2D eigenvalue weighted by Gasteiger charge is -2.18. The summed E-state index contributed by atoms with van der Waals surface area (Å²) >= 11 is 0. The number of carbonyl (C=O) groups is 2. The summed E-state index contributed by atoms with van der Waals surface area (Å²) in [6, 6.07) is 0. The van der Waals surface area contributed by atoms with E-state index in [4.69, 9.17) is 71.4 Å². The van der Waals surface area contributed by atoms with Crippen molar-refractivity contribution in [1.29, 1.82) is 0 Å². The maximum atomic E-state index is 12.8. The van der Waals surface area contributed by atoms with Gasteiger partial charge in [0, 0.05) is 12.8 Å². The van der Waals surface area contributed by atoms with Gasteiger partial charge in [0.05, 0.1) is 165 Å². The Balaban J connectivity index is 4.01. The van der Waals surface area contributed by atoms with Crippen molar-refractivity contribution in [2.24, 2.45) is 0 Å². The Labute approximate surface area is 487 Å². The van der Waals surface area contributed by atoms with Crippen LogP contribution in [0.25, 0.3) is 0 Å². The third-order valence-electron chi connectivity index (χ3n) is 12.6. The van der Waals surface area contributed by atoms with Gasteiger partial charge in [0.1, 0.15) is 6.61 Å². The SMILES string of the molecule is CCCCCCCC/C=C\CCCCCCCC(=O)OCC(COCCOCCOCCOCCOCCOCCOCCOCCOCCOCCOCCOCCO)OC(=O)CCCCCCC/C=C\CCCCCCCC. The largest absolute Gasteiger partial charge is 0.462 e. The number of carbonyl (C=O) groups excluding carboxylic acids is 2. The van der Waals surface area contributed by atoms with Crippen LogP contribution in [-0.2, 0) is 75.9 Å². The molecule has 0 aliphatic heterocycles. The average molecular weight is 1150 g/mol. The first-order chi connectivity index (χ1) is 39.6. The van der Waals surface area contributed by atoms with Crippen LogP contribution in [0.1, 0.15) is 194 Å². The van der Waals surface area contributed by atoms with Crippen LogP contribution in [0.5, 0.6) is 0 Å². The van der Waals surface area contributed by atoms with Gasteiger partial charge in [-0.1, -0.05) is 141 Å². The molecule has 0 spiro atoms. The molecule has 0 aromatic heterocycles. The van der Waals surface area contributed by atoms with E-state index in [1.165, 1.54) is 109 Å². The number of aliphatic hydroxyl groups excluding tert-OH is 1. The molecule has 0 heterocycles. The molecule has 1 atom stereocenters. The van der Waals surface area contributed by atoms with Crippen LogP contribution in [0.3, 0.4) is 0 Å². The smallest absolute Gasteiger partial charge is 0.306 e. The number of aliphatic hydroxyl groups is 1. The highest BCUT2D eigenvalue weighted by Gasteiger charge is 2.18. The minimum absolute atomic E-state index is 0.0170. The zero-order chi connectivity index (χ0) is 57.6. The molecule has 1 unspecified atom stereocenters. The standard InChI is InChI=1S/C63H120O17/c1-3-5-7-9-11-13-15-17-19-21-23-25-27-29-31-33-62(65)79-60-61(80-63(66)34-32-30-28-26-24-22-20-18-16-14-12-10-8-6-4-2)59-78-58-57-77-56-55-76-54-53-75-52-51-74-50-49-73-48-47-72-46-45-71-44-43-70-42-41-69-40-39-68-38-37-67-36-35-64/h17-20,61,64H,3-16,21-60H2,1-2H3/b19-17-,20-18-. The Hall–Kier alpha value is -2.10. The molecule has 474 valence electrons. The first-order valence-corrected chi connectivity index (χ1v) is 31.8. The molecule has 17 nitrogen and oxygen atoms in total. The van der Waals surface area contributed by atoms with E-state index >= 15 is 0 Å². The Bertz CT molecular complexity index is 1260. The van der Waals surface area contributed by atoms with E-state index < -0.39 is 6.10 Å². The van der Waals surface area contributed by atoms with Crippen molar-refractivity contribution in [2.75, 3.05) is 172 Å². The molecule has 0 saturated heterocycles. The number of hydrogen-bond acceptors (Lipinski definition) is 17. The van der Waals surface area contributed by atoms with Crippen molar-refractivity contribution >= 4 is 11.9 Å². The molecule has 1 N–H and O–H groups in total. The Morgan fingerprint density at radius 3 is 0.850 bits per heavy atom. The summed E-state index contributed by atoms with van der Waals surface area (Å²) in [5.41, 5.74) is 0. The van der Waals surface area contributed by atoms with Crippen LogP contribution in [0.2, 0.25) is 0 Å². The van der Waals surface area contributed by atoms with Gasteiger partial charge in [-0.05, 0) is 64.2 Å². The van der Waals surface area contributed by atoms with Crippen molar-refractivity contribution < 1.29 is 81.0 Å². The van der Waals surface area contributed by atoms with Gasteiger partial charge in [0.15, 0.2) is 6.10 Å². The molecule has 80 heavy (non-hydrogen) atoms. The van der Waals surface area contributed by atoms with E-state index in [-0.39, 0.29) is 31.8 Å². The topological polar surface area (TPSA) is 184 Å². The van der Waals surface area contributed by atoms with Gasteiger partial charge in [0.2, 0.25) is 0 Å². The van der Waals surface area contributed by atoms with E-state index in [0.29, 0.717) is 165 Å². The summed E-state index contributed by atoms with van der Waals surface area (Å²) < 4.78 is 77.5. The number of rotatable bonds is 70. The Morgan fingerprint density at radius 2 is 0.550 bits per heavy atom. The third kappa shape index (κ3) is 68.4. The molecular formula is C63H120O17. The minimum atomic E-state index is -0.668. The maximum Gasteiger partial charge on any atom is 0.306 e. The van der Waals surface area contributed by atoms with Crippen molar-refractivity contribution in [3.63, 3.8) is 0 Å². The fraction of sp³-hybridized carbons (Fsp3) is 0.905. The normalized spacial score (nSPS) is 12.2. The van der Waals surface area contributed by atoms with E-state index in [2.05, 4.69) is 38.2 Å². The van der Waals surface area contributed by atoms with Crippen molar-refractivity contribution in [1.82, 2.24) is 0 Å². The highest BCUT2D eigenvalue weighted by molar-refractivity contribution is 5.70. The lowest BCUT2D eigenvalue weighted by Crippen LogP contribution is -2.30. The summed E-state index contributed by atoms with van der Waals surface area (Å²) in [6.45, 7) is 15.1. The van der Waals surface area contributed by atoms with Gasteiger partial charge in [0.25, 0.3) is 0 Å². The Morgan fingerprint density at radius 1 is 0.300 bits per heavy atom. The first-order valence-electron chi connectivity index (χ1n) is 31.8. The molecular weight excluding hydrogens is 1030 g/mol. The average Bonchev–Trinajstić information content (AvgIpc) is 3.46. The van der Waals surface area contributed by atoms with E-state index in [0.717, 1.165) is 57.8 Å². The highest BCUT2D eigenvalue weighted by Crippen LogP contribution is 2.13. The molecule has 0 aromatic rings. The molecule has 0 aliphatic rings. The first kappa shape index (κ1) is 77.9. The second kappa shape index (κ2) is 71.2. The lowest BCUT2D eigenvalue weighted by atomic mass is 10.1. The summed E-state index contributed by atoms with van der Waals surface area (Å²) in [7, 11) is 0. The van der Waals surface area contributed by atoms with Crippen molar-refractivity contribution in [3.8, 4) is 0 Å². The van der Waals surface area contributed by atoms with Crippen LogP contribution in [0.4, 0.5) is 0 Å². The monoisotopic (exact) mass is 1150 g/mol. The van der Waals surface area contributed by atoms with Gasteiger partial charge < -0.3 is 71.4 Å². The molecule has 0 aliphatic carbocycles. The van der Waals surface area contributed by atoms with Gasteiger partial charge >= 0.3 is 11.9 Å². The zero-order valence-corrected chi connectivity index (χ0v) is 51.0. The fourth-order valence-corrected chi connectivity index (χ4v) is 8.00.